The number of benzene rings is 1. The molecule has 0 fully saturated rings. The standard InChI is InChI=1S/C16H26O/c1-4-6-7-12-16(3,5-2)13-14-8-10-15(17)11-9-14/h8-11,17H,4-7,12-13H2,1-3H3. The molecule has 1 unspecified atom stereocenters. The van der Waals surface area contributed by atoms with E-state index in [0.29, 0.717) is 11.2 Å². The first-order valence-corrected chi connectivity index (χ1v) is 6.87. The molecule has 0 aliphatic rings. The van der Waals surface area contributed by atoms with Gasteiger partial charge in [-0.3, -0.25) is 0 Å². The van der Waals surface area contributed by atoms with Crippen molar-refractivity contribution < 1.29 is 5.11 Å². The van der Waals surface area contributed by atoms with Crippen LogP contribution in [0.1, 0.15) is 58.4 Å². The molecule has 0 amide bonds. The van der Waals surface area contributed by atoms with E-state index in [9.17, 15) is 5.11 Å². The molecule has 0 saturated heterocycles. The maximum Gasteiger partial charge on any atom is 0.115 e. The lowest BCUT2D eigenvalue weighted by Gasteiger charge is -2.28. The van der Waals surface area contributed by atoms with E-state index in [-0.39, 0.29) is 0 Å². The van der Waals surface area contributed by atoms with Crippen LogP contribution >= 0.6 is 0 Å². The Bertz CT molecular complexity index is 315. The van der Waals surface area contributed by atoms with Crippen LogP contribution in [-0.2, 0) is 6.42 Å². The fourth-order valence-corrected chi connectivity index (χ4v) is 2.30. The monoisotopic (exact) mass is 234 g/mol. The van der Waals surface area contributed by atoms with E-state index in [1.807, 2.05) is 12.1 Å². The topological polar surface area (TPSA) is 20.2 Å². The van der Waals surface area contributed by atoms with Crippen LogP contribution < -0.4 is 0 Å². The van der Waals surface area contributed by atoms with Crippen molar-refractivity contribution in [2.45, 2.75) is 59.3 Å². The predicted octanol–water partition coefficient (Wildman–Crippen LogP) is 4.93. The molecule has 0 saturated carbocycles. The minimum Gasteiger partial charge on any atom is -0.508 e. The molecule has 0 aromatic heterocycles. The van der Waals surface area contributed by atoms with Crippen molar-refractivity contribution in [2.75, 3.05) is 0 Å². The lowest BCUT2D eigenvalue weighted by Crippen LogP contribution is -2.18. The van der Waals surface area contributed by atoms with Gasteiger partial charge in [0.05, 0.1) is 0 Å². The average molecular weight is 234 g/mol. The van der Waals surface area contributed by atoms with Gasteiger partial charge < -0.3 is 5.11 Å². The molecule has 17 heavy (non-hydrogen) atoms. The molecule has 0 heterocycles. The van der Waals surface area contributed by atoms with Crippen molar-refractivity contribution in [1.82, 2.24) is 0 Å². The van der Waals surface area contributed by atoms with Crippen LogP contribution in [0.3, 0.4) is 0 Å². The van der Waals surface area contributed by atoms with Gasteiger partial charge in [-0.2, -0.15) is 0 Å². The highest BCUT2D eigenvalue weighted by molar-refractivity contribution is 5.26. The van der Waals surface area contributed by atoms with E-state index in [4.69, 9.17) is 0 Å². The van der Waals surface area contributed by atoms with Gasteiger partial charge in [0.25, 0.3) is 0 Å². The average Bonchev–Trinajstić information content (AvgIpc) is 2.33. The zero-order valence-electron chi connectivity index (χ0n) is 11.5. The van der Waals surface area contributed by atoms with Gasteiger partial charge in [-0.25, -0.2) is 0 Å². The summed E-state index contributed by atoms with van der Waals surface area (Å²) in [7, 11) is 0. The van der Waals surface area contributed by atoms with Gasteiger partial charge >= 0.3 is 0 Å². The fourth-order valence-electron chi connectivity index (χ4n) is 2.30. The van der Waals surface area contributed by atoms with Crippen molar-refractivity contribution >= 4 is 0 Å². The van der Waals surface area contributed by atoms with Gasteiger partial charge in [-0.15, -0.1) is 0 Å². The van der Waals surface area contributed by atoms with Gasteiger partial charge in [0.15, 0.2) is 0 Å². The normalized spacial score (nSPS) is 14.5. The molecule has 0 spiro atoms. The summed E-state index contributed by atoms with van der Waals surface area (Å²) in [4.78, 5) is 0. The first-order valence-electron chi connectivity index (χ1n) is 6.87. The van der Waals surface area contributed by atoms with Gasteiger partial charge in [0, 0.05) is 0 Å². The molecule has 0 bridgehead atoms. The smallest absolute Gasteiger partial charge is 0.115 e. The second-order valence-electron chi connectivity index (χ2n) is 5.46. The van der Waals surface area contributed by atoms with Crippen molar-refractivity contribution in [2.24, 2.45) is 5.41 Å². The number of phenolic OH excluding ortho intramolecular Hbond substituents is 1. The summed E-state index contributed by atoms with van der Waals surface area (Å²) in [5.41, 5.74) is 1.75. The first kappa shape index (κ1) is 14.1. The van der Waals surface area contributed by atoms with Crippen LogP contribution in [0.25, 0.3) is 0 Å². The molecule has 1 rings (SSSR count). The Hall–Kier alpha value is -0.980. The highest BCUT2D eigenvalue weighted by atomic mass is 16.3. The van der Waals surface area contributed by atoms with Crippen LogP contribution in [0.5, 0.6) is 5.75 Å². The third-order valence-electron chi connectivity index (χ3n) is 3.80. The Labute approximate surface area is 106 Å². The summed E-state index contributed by atoms with van der Waals surface area (Å²) < 4.78 is 0. The minimum atomic E-state index is 0.359. The van der Waals surface area contributed by atoms with Crippen molar-refractivity contribution in [3.63, 3.8) is 0 Å². The molecule has 96 valence electrons. The summed E-state index contributed by atoms with van der Waals surface area (Å²) in [6, 6.07) is 7.67. The Morgan fingerprint density at radius 3 is 2.24 bits per heavy atom. The summed E-state index contributed by atoms with van der Waals surface area (Å²) in [5.74, 6) is 0.359. The summed E-state index contributed by atoms with van der Waals surface area (Å²) in [5, 5.41) is 9.29. The second kappa shape index (κ2) is 6.68. The molecule has 0 aliphatic carbocycles. The van der Waals surface area contributed by atoms with Gasteiger partial charge in [-0.05, 0) is 36.0 Å². The lowest BCUT2D eigenvalue weighted by molar-refractivity contribution is 0.271. The summed E-state index contributed by atoms with van der Waals surface area (Å²) >= 11 is 0. The van der Waals surface area contributed by atoms with E-state index in [0.717, 1.165) is 6.42 Å². The largest absolute Gasteiger partial charge is 0.508 e. The molecule has 1 aromatic carbocycles. The fraction of sp³-hybridized carbons (Fsp3) is 0.625. The first-order chi connectivity index (χ1) is 8.09. The number of hydrogen-bond acceptors (Lipinski definition) is 1. The minimum absolute atomic E-state index is 0.359. The molecule has 1 heteroatoms. The number of rotatable bonds is 7. The van der Waals surface area contributed by atoms with E-state index in [2.05, 4.69) is 20.8 Å². The zero-order chi connectivity index (χ0) is 12.7. The highest BCUT2D eigenvalue weighted by Gasteiger charge is 2.21. The van der Waals surface area contributed by atoms with Gasteiger partial charge in [0.1, 0.15) is 5.75 Å². The molecule has 0 radical (unpaired) electrons. The van der Waals surface area contributed by atoms with Crippen molar-refractivity contribution in [1.29, 1.82) is 0 Å². The summed E-state index contributed by atoms with van der Waals surface area (Å²) in [6.07, 6.45) is 7.60. The Kier molecular flexibility index (Phi) is 5.54. The SMILES string of the molecule is CCCCCC(C)(CC)Cc1ccc(O)cc1. The predicted molar refractivity (Wildman–Crippen MR) is 74.4 cm³/mol. The second-order valence-corrected chi connectivity index (χ2v) is 5.46. The van der Waals surface area contributed by atoms with Crippen LogP contribution in [0.2, 0.25) is 0 Å². The quantitative estimate of drug-likeness (QED) is 0.663. The van der Waals surface area contributed by atoms with Gasteiger partial charge in [-0.1, -0.05) is 58.6 Å². The van der Waals surface area contributed by atoms with Crippen LogP contribution in [0.4, 0.5) is 0 Å². The maximum atomic E-state index is 9.29. The zero-order valence-corrected chi connectivity index (χ0v) is 11.5. The summed E-state index contributed by atoms with van der Waals surface area (Å²) in [6.45, 7) is 6.92. The number of unbranched alkanes of at least 4 members (excludes halogenated alkanes) is 2. The third-order valence-corrected chi connectivity index (χ3v) is 3.80. The van der Waals surface area contributed by atoms with Gasteiger partial charge in [0.2, 0.25) is 0 Å². The van der Waals surface area contributed by atoms with E-state index in [1.54, 1.807) is 12.1 Å². The van der Waals surface area contributed by atoms with E-state index < -0.39 is 0 Å². The van der Waals surface area contributed by atoms with E-state index in [1.165, 1.54) is 37.7 Å². The Morgan fingerprint density at radius 1 is 1.06 bits per heavy atom. The van der Waals surface area contributed by atoms with Crippen molar-refractivity contribution in [3.05, 3.63) is 29.8 Å². The van der Waals surface area contributed by atoms with Crippen molar-refractivity contribution in [3.8, 4) is 5.75 Å². The lowest BCUT2D eigenvalue weighted by atomic mass is 9.77. The maximum absolute atomic E-state index is 9.29. The number of hydrogen-bond donors (Lipinski definition) is 1. The van der Waals surface area contributed by atoms with E-state index >= 15 is 0 Å². The molecule has 1 nitrogen and oxygen atoms in total. The third kappa shape index (κ3) is 4.80. The number of phenols is 1. The molecule has 1 N–H and O–H groups in total. The molecular formula is C16H26O. The molecule has 0 aliphatic heterocycles. The molecule has 1 atom stereocenters. The Morgan fingerprint density at radius 2 is 1.71 bits per heavy atom. The van der Waals surface area contributed by atoms with Crippen LogP contribution in [0, 0.1) is 5.41 Å². The molecular weight excluding hydrogens is 208 g/mol. The highest BCUT2D eigenvalue weighted by Crippen LogP contribution is 2.32. The molecule has 1 aromatic rings. The Balaban J connectivity index is 2.58. The van der Waals surface area contributed by atoms with Crippen LogP contribution in [-0.4, -0.2) is 5.11 Å². The number of aromatic hydroxyl groups is 1. The van der Waals surface area contributed by atoms with Crippen LogP contribution in [0.15, 0.2) is 24.3 Å².